The molecule has 0 aliphatic carbocycles. The Hall–Kier alpha value is -1.93. The summed E-state index contributed by atoms with van der Waals surface area (Å²) in [6.07, 6.45) is -5.29. The van der Waals surface area contributed by atoms with Gasteiger partial charge >= 0.3 is 6.18 Å². The first-order chi connectivity index (χ1) is 11.9. The minimum absolute atomic E-state index is 0.0123. The quantitative estimate of drug-likeness (QED) is 0.772. The van der Waals surface area contributed by atoms with Gasteiger partial charge in [0.25, 0.3) is 0 Å². The SMILES string of the molecule is Cc1ccc(N2C(=O)[C@@H]3[C@H](C2=O)[C@@]2(C)C[C@@H](O)[C@]3(C)O2)cc1C(F)(F)F. The van der Waals surface area contributed by atoms with Gasteiger partial charge in [0.15, 0.2) is 0 Å². The number of aliphatic hydroxyl groups excluding tert-OH is 1. The van der Waals surface area contributed by atoms with Crippen LogP contribution in [0.2, 0.25) is 0 Å². The standard InChI is InChI=1S/C18H18F3NO4/c1-8-4-5-9(6-10(8)18(19,20)21)22-14(24)12-13(15(22)25)17(3)11(23)7-16(12,2)26-17/h4-6,11-13,23H,7H2,1-3H3/t11-,12-,13+,16-,17+/m1/s1. The van der Waals surface area contributed by atoms with E-state index in [0.29, 0.717) is 0 Å². The molecule has 5 atom stereocenters. The van der Waals surface area contributed by atoms with Gasteiger partial charge in [0, 0.05) is 6.42 Å². The highest BCUT2D eigenvalue weighted by molar-refractivity contribution is 6.23. The molecule has 8 heteroatoms. The maximum Gasteiger partial charge on any atom is 0.416 e. The van der Waals surface area contributed by atoms with E-state index < -0.39 is 52.7 Å². The topological polar surface area (TPSA) is 66.8 Å². The Balaban J connectivity index is 1.80. The first-order valence-electron chi connectivity index (χ1n) is 8.34. The molecule has 140 valence electrons. The third-order valence-corrected chi connectivity index (χ3v) is 6.08. The van der Waals surface area contributed by atoms with Gasteiger partial charge in [-0.3, -0.25) is 9.59 Å². The second-order valence-corrected chi connectivity index (χ2v) is 7.78. The van der Waals surface area contributed by atoms with Crippen molar-refractivity contribution in [2.75, 3.05) is 4.90 Å². The number of fused-ring (bicyclic) bond motifs is 5. The van der Waals surface area contributed by atoms with Gasteiger partial charge in [-0.15, -0.1) is 0 Å². The van der Waals surface area contributed by atoms with Crippen LogP contribution < -0.4 is 4.90 Å². The minimum Gasteiger partial charge on any atom is -0.390 e. The average molecular weight is 369 g/mol. The van der Waals surface area contributed by atoms with Crippen LogP contribution in [0.25, 0.3) is 0 Å². The number of rotatable bonds is 1. The predicted molar refractivity (Wildman–Crippen MR) is 84.2 cm³/mol. The van der Waals surface area contributed by atoms with Crippen LogP contribution >= 0.6 is 0 Å². The van der Waals surface area contributed by atoms with Crippen molar-refractivity contribution in [3.05, 3.63) is 29.3 Å². The fourth-order valence-electron chi connectivity index (χ4n) is 4.83. The molecule has 3 heterocycles. The van der Waals surface area contributed by atoms with Crippen LogP contribution in [0.1, 0.15) is 31.4 Å². The Morgan fingerprint density at radius 3 is 2.42 bits per heavy atom. The molecule has 3 saturated heterocycles. The zero-order valence-electron chi connectivity index (χ0n) is 14.4. The van der Waals surface area contributed by atoms with Crippen LogP contribution in [0.5, 0.6) is 0 Å². The number of hydrogen-bond acceptors (Lipinski definition) is 4. The highest BCUT2D eigenvalue weighted by Gasteiger charge is 2.75. The number of aliphatic hydroxyl groups is 1. The monoisotopic (exact) mass is 369 g/mol. The van der Waals surface area contributed by atoms with Crippen molar-refractivity contribution in [3.63, 3.8) is 0 Å². The van der Waals surface area contributed by atoms with Crippen molar-refractivity contribution in [1.82, 2.24) is 0 Å². The van der Waals surface area contributed by atoms with E-state index in [1.54, 1.807) is 13.8 Å². The number of aryl methyl sites for hydroxylation is 1. The van der Waals surface area contributed by atoms with Crippen LogP contribution in [-0.2, 0) is 20.5 Å². The lowest BCUT2D eigenvalue weighted by Gasteiger charge is -2.31. The summed E-state index contributed by atoms with van der Waals surface area (Å²) in [6, 6.07) is 3.41. The fraction of sp³-hybridized carbons (Fsp3) is 0.556. The summed E-state index contributed by atoms with van der Waals surface area (Å²) in [5.41, 5.74) is -3.19. The Labute approximate surface area is 147 Å². The van der Waals surface area contributed by atoms with E-state index in [0.717, 1.165) is 11.0 Å². The van der Waals surface area contributed by atoms with E-state index in [2.05, 4.69) is 0 Å². The molecule has 1 N–H and O–H groups in total. The van der Waals surface area contributed by atoms with E-state index in [-0.39, 0.29) is 17.7 Å². The van der Waals surface area contributed by atoms with Crippen molar-refractivity contribution >= 4 is 17.5 Å². The molecular weight excluding hydrogens is 351 g/mol. The van der Waals surface area contributed by atoms with Crippen molar-refractivity contribution < 1.29 is 32.6 Å². The maximum absolute atomic E-state index is 13.2. The number of benzene rings is 1. The summed E-state index contributed by atoms with van der Waals surface area (Å²) < 4.78 is 45.5. The Kier molecular flexibility index (Phi) is 3.27. The van der Waals surface area contributed by atoms with Gasteiger partial charge in [0.05, 0.1) is 34.8 Å². The third kappa shape index (κ3) is 2.00. The molecule has 0 unspecified atom stereocenters. The molecule has 5 nitrogen and oxygen atoms in total. The number of imide groups is 1. The zero-order chi connectivity index (χ0) is 19.2. The average Bonchev–Trinajstić information content (AvgIpc) is 3.01. The first-order valence-corrected chi connectivity index (χ1v) is 8.34. The summed E-state index contributed by atoms with van der Waals surface area (Å²) in [5, 5.41) is 10.3. The summed E-state index contributed by atoms with van der Waals surface area (Å²) >= 11 is 0. The van der Waals surface area contributed by atoms with Gasteiger partial charge in [-0.25, -0.2) is 4.90 Å². The van der Waals surface area contributed by atoms with Crippen molar-refractivity contribution in [1.29, 1.82) is 0 Å². The van der Waals surface area contributed by atoms with E-state index in [1.807, 2.05) is 0 Å². The van der Waals surface area contributed by atoms with Crippen LogP contribution in [0.4, 0.5) is 18.9 Å². The summed E-state index contributed by atoms with van der Waals surface area (Å²) in [6.45, 7) is 4.57. The number of carbonyl (C=O) groups excluding carboxylic acids is 2. The zero-order valence-corrected chi connectivity index (χ0v) is 14.4. The summed E-state index contributed by atoms with van der Waals surface area (Å²) in [4.78, 5) is 26.7. The second kappa shape index (κ2) is 4.86. The Morgan fingerprint density at radius 2 is 1.81 bits per heavy atom. The van der Waals surface area contributed by atoms with Crippen LogP contribution in [0, 0.1) is 18.8 Å². The van der Waals surface area contributed by atoms with Crippen molar-refractivity contribution in [2.45, 2.75) is 50.7 Å². The first kappa shape index (κ1) is 17.5. The van der Waals surface area contributed by atoms with Crippen molar-refractivity contribution in [2.24, 2.45) is 11.8 Å². The van der Waals surface area contributed by atoms with Gasteiger partial charge in [0.1, 0.15) is 5.60 Å². The Bertz CT molecular complexity index is 838. The van der Waals surface area contributed by atoms with Gasteiger partial charge < -0.3 is 9.84 Å². The molecule has 3 fully saturated rings. The molecule has 3 aliphatic heterocycles. The highest BCUT2D eigenvalue weighted by atomic mass is 19.4. The number of carbonyl (C=O) groups is 2. The molecule has 26 heavy (non-hydrogen) atoms. The number of hydrogen-bond donors (Lipinski definition) is 1. The molecule has 3 aliphatic rings. The number of anilines is 1. The lowest BCUT2D eigenvalue weighted by molar-refractivity contribution is -0.138. The summed E-state index contributed by atoms with van der Waals surface area (Å²) in [5.74, 6) is -2.91. The highest BCUT2D eigenvalue weighted by Crippen LogP contribution is 2.61. The molecule has 4 rings (SSSR count). The molecule has 0 aromatic heterocycles. The molecule has 1 aromatic rings. The van der Waals surface area contributed by atoms with E-state index in [1.165, 1.54) is 19.1 Å². The van der Waals surface area contributed by atoms with E-state index >= 15 is 0 Å². The maximum atomic E-state index is 13.2. The predicted octanol–water partition coefficient (Wildman–Crippen LogP) is 2.43. The third-order valence-electron chi connectivity index (χ3n) is 6.08. The molecule has 0 radical (unpaired) electrons. The second-order valence-electron chi connectivity index (χ2n) is 7.78. The number of alkyl halides is 3. The van der Waals surface area contributed by atoms with Gasteiger partial charge in [-0.1, -0.05) is 6.07 Å². The van der Waals surface area contributed by atoms with Gasteiger partial charge in [-0.2, -0.15) is 13.2 Å². The lowest BCUT2D eigenvalue weighted by Crippen LogP contribution is -2.49. The van der Waals surface area contributed by atoms with Crippen LogP contribution in [0.15, 0.2) is 18.2 Å². The molecular formula is C18H18F3NO4. The smallest absolute Gasteiger partial charge is 0.390 e. The lowest BCUT2D eigenvalue weighted by atomic mass is 9.67. The number of nitrogens with zero attached hydrogens (tertiary/aromatic N) is 1. The normalized spacial score (nSPS) is 39.0. The Morgan fingerprint density at radius 1 is 1.19 bits per heavy atom. The largest absolute Gasteiger partial charge is 0.416 e. The molecule has 1 aromatic carbocycles. The summed E-state index contributed by atoms with van der Waals surface area (Å²) in [7, 11) is 0. The molecule has 0 spiro atoms. The molecule has 2 bridgehead atoms. The van der Waals surface area contributed by atoms with Gasteiger partial charge in [-0.05, 0) is 38.5 Å². The van der Waals surface area contributed by atoms with E-state index in [4.69, 9.17) is 4.74 Å². The number of ether oxygens (including phenoxy) is 1. The fourth-order valence-corrected chi connectivity index (χ4v) is 4.83. The van der Waals surface area contributed by atoms with E-state index in [9.17, 15) is 27.9 Å². The molecule has 0 saturated carbocycles. The van der Waals surface area contributed by atoms with Crippen LogP contribution in [-0.4, -0.2) is 34.2 Å². The minimum atomic E-state index is -4.59. The number of amides is 2. The van der Waals surface area contributed by atoms with Crippen LogP contribution in [0.3, 0.4) is 0 Å². The number of halogens is 3. The molecule has 2 amide bonds. The van der Waals surface area contributed by atoms with Crippen molar-refractivity contribution in [3.8, 4) is 0 Å². The van der Waals surface area contributed by atoms with Gasteiger partial charge in [0.2, 0.25) is 11.8 Å².